The molecule has 0 radical (unpaired) electrons. The summed E-state index contributed by atoms with van der Waals surface area (Å²) in [4.78, 5) is 12.7. The predicted octanol–water partition coefficient (Wildman–Crippen LogP) is 4.73. The number of ether oxygens (including phenoxy) is 2. The number of carbonyl (C=O) groups excluding carboxylic acids is 1. The number of rotatable bonds is 11. The standard InChI is InChI=1S/C29H29N3O5S/c1-3-36-28-18-23(16-17-27(28)37-21-22-10-5-4-6-11-22)19-30-31-29(33)20-32(38(2,34)35)26-15-9-13-24-12-7-8-14-25(24)26/h4-19H,3,20-21H2,1-2H3,(H,31,33)/b30-19-. The Morgan fingerprint density at radius 1 is 0.921 bits per heavy atom. The average Bonchev–Trinajstić information content (AvgIpc) is 2.91. The quantitative estimate of drug-likeness (QED) is 0.223. The van der Waals surface area contributed by atoms with E-state index in [1.54, 1.807) is 30.3 Å². The molecule has 0 bridgehead atoms. The van der Waals surface area contributed by atoms with Crippen molar-refractivity contribution in [1.82, 2.24) is 5.43 Å². The molecular weight excluding hydrogens is 502 g/mol. The molecule has 0 unspecified atom stereocenters. The van der Waals surface area contributed by atoms with Crippen LogP contribution in [0.15, 0.2) is 96.1 Å². The molecule has 196 valence electrons. The number of hydrogen-bond donors (Lipinski definition) is 1. The zero-order chi connectivity index (χ0) is 27.0. The molecule has 1 N–H and O–H groups in total. The summed E-state index contributed by atoms with van der Waals surface area (Å²) in [5, 5.41) is 5.62. The van der Waals surface area contributed by atoms with Crippen molar-refractivity contribution in [3.05, 3.63) is 102 Å². The summed E-state index contributed by atoms with van der Waals surface area (Å²) in [6, 6.07) is 27.9. The van der Waals surface area contributed by atoms with Gasteiger partial charge in [0, 0.05) is 5.39 Å². The SMILES string of the molecule is CCOc1cc(/C=N\NC(=O)CN(c2cccc3ccccc23)S(C)(=O)=O)ccc1OCc1ccccc1. The molecule has 0 aromatic heterocycles. The molecule has 4 rings (SSSR count). The Balaban J connectivity index is 1.44. The van der Waals surface area contributed by atoms with Crippen LogP contribution in [0.2, 0.25) is 0 Å². The fourth-order valence-corrected chi connectivity index (χ4v) is 4.75. The van der Waals surface area contributed by atoms with E-state index < -0.39 is 22.5 Å². The van der Waals surface area contributed by atoms with E-state index in [2.05, 4.69) is 10.5 Å². The maximum atomic E-state index is 12.7. The second-order valence-corrected chi connectivity index (χ2v) is 10.4. The minimum atomic E-state index is -3.73. The molecule has 0 saturated carbocycles. The van der Waals surface area contributed by atoms with Gasteiger partial charge >= 0.3 is 0 Å². The minimum absolute atomic E-state index is 0.401. The maximum absolute atomic E-state index is 12.7. The third-order valence-electron chi connectivity index (χ3n) is 5.63. The highest BCUT2D eigenvalue weighted by molar-refractivity contribution is 7.92. The van der Waals surface area contributed by atoms with Gasteiger partial charge in [-0.3, -0.25) is 9.10 Å². The zero-order valence-electron chi connectivity index (χ0n) is 21.2. The highest BCUT2D eigenvalue weighted by Crippen LogP contribution is 2.29. The van der Waals surface area contributed by atoms with Gasteiger partial charge in [0.15, 0.2) is 11.5 Å². The van der Waals surface area contributed by atoms with Crippen LogP contribution in [0.3, 0.4) is 0 Å². The molecule has 0 saturated heterocycles. The number of hydrazone groups is 1. The van der Waals surface area contributed by atoms with Crippen molar-refractivity contribution in [3.8, 4) is 11.5 Å². The van der Waals surface area contributed by atoms with E-state index in [1.165, 1.54) is 6.21 Å². The molecule has 4 aromatic carbocycles. The van der Waals surface area contributed by atoms with Crippen molar-refractivity contribution in [2.45, 2.75) is 13.5 Å². The first kappa shape index (κ1) is 26.7. The van der Waals surface area contributed by atoms with Gasteiger partial charge in [-0.15, -0.1) is 0 Å². The van der Waals surface area contributed by atoms with Crippen LogP contribution in [0.4, 0.5) is 5.69 Å². The van der Waals surface area contributed by atoms with Crippen molar-refractivity contribution in [2.24, 2.45) is 5.10 Å². The van der Waals surface area contributed by atoms with Crippen molar-refractivity contribution in [2.75, 3.05) is 23.7 Å². The number of carbonyl (C=O) groups is 1. The summed E-state index contributed by atoms with van der Waals surface area (Å²) in [5.74, 6) is 0.571. The molecular formula is C29H29N3O5S. The van der Waals surface area contributed by atoms with Crippen molar-refractivity contribution < 1.29 is 22.7 Å². The van der Waals surface area contributed by atoms with Gasteiger partial charge in [0.05, 0.1) is 24.8 Å². The number of sulfonamides is 1. The third-order valence-corrected chi connectivity index (χ3v) is 6.76. The lowest BCUT2D eigenvalue weighted by molar-refractivity contribution is -0.119. The van der Waals surface area contributed by atoms with Gasteiger partial charge < -0.3 is 9.47 Å². The van der Waals surface area contributed by atoms with E-state index >= 15 is 0 Å². The van der Waals surface area contributed by atoms with Crippen LogP contribution in [-0.2, 0) is 21.4 Å². The van der Waals surface area contributed by atoms with E-state index in [9.17, 15) is 13.2 Å². The first-order chi connectivity index (χ1) is 18.3. The van der Waals surface area contributed by atoms with Crippen molar-refractivity contribution >= 4 is 38.6 Å². The molecule has 0 aliphatic heterocycles. The number of nitrogens with one attached hydrogen (secondary N) is 1. The van der Waals surface area contributed by atoms with Crippen LogP contribution >= 0.6 is 0 Å². The molecule has 0 aliphatic carbocycles. The summed E-state index contributed by atoms with van der Waals surface area (Å²) < 4.78 is 37.8. The molecule has 0 atom stereocenters. The molecule has 4 aromatic rings. The van der Waals surface area contributed by atoms with Crippen LogP contribution in [0, 0.1) is 0 Å². The Bertz CT molecular complexity index is 1530. The third kappa shape index (κ3) is 6.89. The maximum Gasteiger partial charge on any atom is 0.260 e. The summed E-state index contributed by atoms with van der Waals surface area (Å²) >= 11 is 0. The lowest BCUT2D eigenvalue weighted by atomic mass is 10.1. The fraction of sp³-hybridized carbons (Fsp3) is 0.172. The minimum Gasteiger partial charge on any atom is -0.490 e. The summed E-state index contributed by atoms with van der Waals surface area (Å²) in [6.45, 7) is 2.32. The van der Waals surface area contributed by atoms with Gasteiger partial charge in [0.1, 0.15) is 13.2 Å². The number of hydrogen-bond acceptors (Lipinski definition) is 6. The van der Waals surface area contributed by atoms with Crippen LogP contribution in [0.1, 0.15) is 18.1 Å². The lowest BCUT2D eigenvalue weighted by Gasteiger charge is -2.23. The van der Waals surface area contributed by atoms with E-state index in [1.807, 2.05) is 67.6 Å². The van der Waals surface area contributed by atoms with E-state index in [-0.39, 0.29) is 0 Å². The second-order valence-electron chi connectivity index (χ2n) is 8.47. The Morgan fingerprint density at radius 3 is 2.42 bits per heavy atom. The molecule has 0 aliphatic rings. The first-order valence-corrected chi connectivity index (χ1v) is 13.9. The molecule has 9 heteroatoms. The Hall–Kier alpha value is -4.37. The molecule has 0 heterocycles. The average molecular weight is 532 g/mol. The molecule has 1 amide bonds. The molecule has 0 spiro atoms. The monoisotopic (exact) mass is 531 g/mol. The van der Waals surface area contributed by atoms with Crippen LogP contribution in [0.25, 0.3) is 10.8 Å². The molecule has 0 fully saturated rings. The van der Waals surface area contributed by atoms with Crippen molar-refractivity contribution in [1.29, 1.82) is 0 Å². The van der Waals surface area contributed by atoms with Gasteiger partial charge in [0.25, 0.3) is 5.91 Å². The number of amides is 1. The summed E-state index contributed by atoms with van der Waals surface area (Å²) in [6.07, 6.45) is 2.53. The van der Waals surface area contributed by atoms with Gasteiger partial charge in [-0.25, -0.2) is 13.8 Å². The fourth-order valence-electron chi connectivity index (χ4n) is 3.88. The van der Waals surface area contributed by atoms with E-state index in [0.717, 1.165) is 26.9 Å². The van der Waals surface area contributed by atoms with Crippen LogP contribution in [0.5, 0.6) is 11.5 Å². The zero-order valence-corrected chi connectivity index (χ0v) is 22.0. The number of nitrogens with zero attached hydrogens (tertiary/aromatic N) is 2. The topological polar surface area (TPSA) is 97.3 Å². The summed E-state index contributed by atoms with van der Waals surface area (Å²) in [5.41, 5.74) is 4.56. The van der Waals surface area contributed by atoms with Crippen LogP contribution < -0.4 is 19.2 Å². The Labute approximate surface area is 222 Å². The van der Waals surface area contributed by atoms with Gasteiger partial charge in [-0.1, -0.05) is 66.7 Å². The highest BCUT2D eigenvalue weighted by Gasteiger charge is 2.22. The van der Waals surface area contributed by atoms with E-state index in [0.29, 0.717) is 36.0 Å². The lowest BCUT2D eigenvalue weighted by Crippen LogP contribution is -2.39. The highest BCUT2D eigenvalue weighted by atomic mass is 32.2. The Morgan fingerprint density at radius 2 is 1.66 bits per heavy atom. The summed E-state index contributed by atoms with van der Waals surface area (Å²) in [7, 11) is -3.73. The second kappa shape index (κ2) is 12.2. The first-order valence-electron chi connectivity index (χ1n) is 12.1. The Kier molecular flexibility index (Phi) is 8.60. The van der Waals surface area contributed by atoms with Gasteiger partial charge in [-0.05, 0) is 47.7 Å². The number of fused-ring (bicyclic) bond motifs is 1. The van der Waals surface area contributed by atoms with Gasteiger partial charge in [0.2, 0.25) is 10.0 Å². The van der Waals surface area contributed by atoms with Crippen molar-refractivity contribution in [3.63, 3.8) is 0 Å². The smallest absolute Gasteiger partial charge is 0.260 e. The largest absolute Gasteiger partial charge is 0.490 e. The molecule has 8 nitrogen and oxygen atoms in total. The predicted molar refractivity (Wildman–Crippen MR) is 150 cm³/mol. The number of anilines is 1. The van der Waals surface area contributed by atoms with Gasteiger partial charge in [-0.2, -0.15) is 5.10 Å². The number of benzene rings is 4. The van der Waals surface area contributed by atoms with Crippen LogP contribution in [-0.4, -0.2) is 39.9 Å². The van der Waals surface area contributed by atoms with E-state index in [4.69, 9.17) is 9.47 Å². The molecule has 38 heavy (non-hydrogen) atoms. The normalized spacial score (nSPS) is 11.4.